The summed E-state index contributed by atoms with van der Waals surface area (Å²) >= 11 is 0. The van der Waals surface area contributed by atoms with Crippen LogP contribution in [-0.2, 0) is 16.8 Å². The SMILES string of the molecule is O=C(NCCc1cccc(F)c1)C1(n2cccn2)CCNCC1. The Morgan fingerprint density at radius 1 is 1.35 bits per heavy atom. The van der Waals surface area contributed by atoms with Crippen LogP contribution in [0.3, 0.4) is 0 Å². The highest BCUT2D eigenvalue weighted by Crippen LogP contribution is 2.27. The maximum Gasteiger partial charge on any atom is 0.248 e. The molecule has 2 N–H and O–H groups in total. The maximum absolute atomic E-state index is 13.2. The summed E-state index contributed by atoms with van der Waals surface area (Å²) in [6.45, 7) is 2.06. The molecular formula is C17H21FN4O. The lowest BCUT2D eigenvalue weighted by atomic mass is 9.87. The van der Waals surface area contributed by atoms with Gasteiger partial charge in [-0.2, -0.15) is 5.10 Å². The van der Waals surface area contributed by atoms with Crippen LogP contribution in [0, 0.1) is 5.82 Å². The van der Waals surface area contributed by atoms with Crippen molar-refractivity contribution in [3.05, 3.63) is 54.1 Å². The predicted molar refractivity (Wildman–Crippen MR) is 85.4 cm³/mol. The van der Waals surface area contributed by atoms with Crippen LogP contribution < -0.4 is 10.6 Å². The van der Waals surface area contributed by atoms with Crippen LogP contribution in [0.4, 0.5) is 4.39 Å². The van der Waals surface area contributed by atoms with Crippen LogP contribution in [0.1, 0.15) is 18.4 Å². The third-order valence-electron chi connectivity index (χ3n) is 4.38. The molecule has 0 radical (unpaired) electrons. The molecule has 5 nitrogen and oxygen atoms in total. The Balaban J connectivity index is 1.65. The fourth-order valence-electron chi connectivity index (χ4n) is 3.10. The first kappa shape index (κ1) is 15.7. The first-order chi connectivity index (χ1) is 11.2. The molecule has 6 heteroatoms. The van der Waals surface area contributed by atoms with Gasteiger partial charge in [-0.1, -0.05) is 12.1 Å². The number of piperidine rings is 1. The second kappa shape index (κ2) is 6.91. The quantitative estimate of drug-likeness (QED) is 0.878. The van der Waals surface area contributed by atoms with E-state index in [-0.39, 0.29) is 11.7 Å². The van der Waals surface area contributed by atoms with E-state index >= 15 is 0 Å². The van der Waals surface area contributed by atoms with Gasteiger partial charge in [0.15, 0.2) is 0 Å². The molecule has 122 valence electrons. The third-order valence-corrected chi connectivity index (χ3v) is 4.38. The molecule has 1 saturated heterocycles. The lowest BCUT2D eigenvalue weighted by molar-refractivity contribution is -0.131. The molecule has 1 aromatic carbocycles. The van der Waals surface area contributed by atoms with Crippen molar-refractivity contribution >= 4 is 5.91 Å². The Hall–Kier alpha value is -2.21. The van der Waals surface area contributed by atoms with Gasteiger partial charge in [-0.05, 0) is 56.1 Å². The second-order valence-corrected chi connectivity index (χ2v) is 5.87. The van der Waals surface area contributed by atoms with Crippen LogP contribution in [0.25, 0.3) is 0 Å². The number of benzene rings is 1. The van der Waals surface area contributed by atoms with E-state index in [0.29, 0.717) is 25.8 Å². The van der Waals surface area contributed by atoms with E-state index in [0.717, 1.165) is 18.7 Å². The summed E-state index contributed by atoms with van der Waals surface area (Å²) < 4.78 is 15.0. The Morgan fingerprint density at radius 2 is 2.17 bits per heavy atom. The number of nitrogens with zero attached hydrogens (tertiary/aromatic N) is 2. The summed E-state index contributed by atoms with van der Waals surface area (Å²) in [5, 5.41) is 10.6. The largest absolute Gasteiger partial charge is 0.354 e. The van der Waals surface area contributed by atoms with Crippen molar-refractivity contribution in [3.63, 3.8) is 0 Å². The van der Waals surface area contributed by atoms with Gasteiger partial charge in [0.2, 0.25) is 5.91 Å². The minimum absolute atomic E-state index is 0.0147. The Morgan fingerprint density at radius 3 is 2.87 bits per heavy atom. The van der Waals surface area contributed by atoms with Gasteiger partial charge >= 0.3 is 0 Å². The van der Waals surface area contributed by atoms with Gasteiger partial charge in [-0.3, -0.25) is 9.48 Å². The smallest absolute Gasteiger partial charge is 0.248 e. The number of halogens is 1. The molecule has 3 rings (SSSR count). The van der Waals surface area contributed by atoms with Crippen LogP contribution in [0.2, 0.25) is 0 Å². The van der Waals surface area contributed by atoms with Crippen molar-refractivity contribution < 1.29 is 9.18 Å². The highest BCUT2D eigenvalue weighted by Gasteiger charge is 2.41. The van der Waals surface area contributed by atoms with Gasteiger partial charge in [0, 0.05) is 18.9 Å². The number of nitrogens with one attached hydrogen (secondary N) is 2. The van der Waals surface area contributed by atoms with Gasteiger partial charge in [-0.25, -0.2) is 4.39 Å². The predicted octanol–water partition coefficient (Wildman–Crippen LogP) is 1.46. The summed E-state index contributed by atoms with van der Waals surface area (Å²) in [5.41, 5.74) is 0.250. The summed E-state index contributed by atoms with van der Waals surface area (Å²) in [4.78, 5) is 12.8. The summed E-state index contributed by atoms with van der Waals surface area (Å²) in [6, 6.07) is 8.31. The minimum Gasteiger partial charge on any atom is -0.354 e. The first-order valence-corrected chi connectivity index (χ1v) is 7.94. The maximum atomic E-state index is 13.2. The van der Waals surface area contributed by atoms with Gasteiger partial charge in [0.25, 0.3) is 0 Å². The summed E-state index contributed by atoms with van der Waals surface area (Å²) in [7, 11) is 0. The lowest BCUT2D eigenvalue weighted by Crippen LogP contribution is -2.54. The third kappa shape index (κ3) is 3.42. The fraction of sp³-hybridized carbons (Fsp3) is 0.412. The zero-order chi connectivity index (χ0) is 16.1. The van der Waals surface area contributed by atoms with Gasteiger partial charge in [0.05, 0.1) is 0 Å². The molecule has 0 bridgehead atoms. The van der Waals surface area contributed by atoms with E-state index in [1.807, 2.05) is 18.3 Å². The molecule has 0 unspecified atom stereocenters. The monoisotopic (exact) mass is 316 g/mol. The average molecular weight is 316 g/mol. The molecule has 2 aromatic rings. The Bertz CT molecular complexity index is 650. The van der Waals surface area contributed by atoms with Crippen LogP contribution in [0.15, 0.2) is 42.7 Å². The number of carbonyl (C=O) groups excluding carboxylic acids is 1. The standard InChI is InChI=1S/C17H21FN4O/c18-15-4-1-3-14(13-15)5-9-20-16(23)17(6-10-19-11-7-17)22-12-2-8-21-22/h1-4,8,12-13,19H,5-7,9-11H2,(H,20,23). The number of hydrogen-bond acceptors (Lipinski definition) is 3. The van der Waals surface area contributed by atoms with E-state index in [1.165, 1.54) is 12.1 Å². The van der Waals surface area contributed by atoms with Crippen LogP contribution in [0.5, 0.6) is 0 Å². The molecule has 0 saturated carbocycles. The molecule has 1 aliphatic rings. The number of hydrogen-bond donors (Lipinski definition) is 2. The Kier molecular flexibility index (Phi) is 4.71. The van der Waals surface area contributed by atoms with Crippen molar-refractivity contribution in [2.45, 2.75) is 24.8 Å². The summed E-state index contributed by atoms with van der Waals surface area (Å²) in [5.74, 6) is -0.265. The van der Waals surface area contributed by atoms with E-state index in [9.17, 15) is 9.18 Å². The molecule has 0 aliphatic carbocycles. The molecule has 0 atom stereocenters. The number of rotatable bonds is 5. The molecule has 1 aromatic heterocycles. The minimum atomic E-state index is -0.628. The molecule has 2 heterocycles. The van der Waals surface area contributed by atoms with Gasteiger partial charge in [-0.15, -0.1) is 0 Å². The van der Waals surface area contributed by atoms with Crippen molar-refractivity contribution in [3.8, 4) is 0 Å². The van der Waals surface area contributed by atoms with E-state index in [4.69, 9.17) is 0 Å². The van der Waals surface area contributed by atoms with Crippen molar-refractivity contribution in [2.24, 2.45) is 0 Å². The first-order valence-electron chi connectivity index (χ1n) is 7.94. The van der Waals surface area contributed by atoms with Crippen molar-refractivity contribution in [2.75, 3.05) is 19.6 Å². The lowest BCUT2D eigenvalue weighted by Gasteiger charge is -2.36. The fourth-order valence-corrected chi connectivity index (χ4v) is 3.10. The highest BCUT2D eigenvalue weighted by atomic mass is 19.1. The highest BCUT2D eigenvalue weighted by molar-refractivity contribution is 5.84. The number of aromatic nitrogens is 2. The van der Waals surface area contributed by atoms with Gasteiger partial charge in [0.1, 0.15) is 11.4 Å². The van der Waals surface area contributed by atoms with Crippen molar-refractivity contribution in [1.82, 2.24) is 20.4 Å². The number of amides is 1. The average Bonchev–Trinajstić information content (AvgIpc) is 3.10. The van der Waals surface area contributed by atoms with Crippen LogP contribution in [-0.4, -0.2) is 35.3 Å². The summed E-state index contributed by atoms with van der Waals surface area (Å²) in [6.07, 6.45) is 5.57. The molecule has 23 heavy (non-hydrogen) atoms. The molecule has 1 amide bonds. The van der Waals surface area contributed by atoms with Crippen LogP contribution >= 0.6 is 0 Å². The van der Waals surface area contributed by atoms with E-state index in [1.54, 1.807) is 16.9 Å². The zero-order valence-corrected chi connectivity index (χ0v) is 13.0. The van der Waals surface area contributed by atoms with E-state index in [2.05, 4.69) is 15.7 Å². The molecule has 1 aliphatic heterocycles. The number of carbonyl (C=O) groups is 1. The zero-order valence-electron chi connectivity index (χ0n) is 13.0. The molecule has 0 spiro atoms. The second-order valence-electron chi connectivity index (χ2n) is 5.87. The van der Waals surface area contributed by atoms with E-state index < -0.39 is 5.54 Å². The van der Waals surface area contributed by atoms with Gasteiger partial charge < -0.3 is 10.6 Å². The normalized spacial score (nSPS) is 16.9. The Labute approximate surface area is 134 Å². The molecule has 1 fully saturated rings. The molecular weight excluding hydrogens is 295 g/mol. The topological polar surface area (TPSA) is 59.0 Å². The van der Waals surface area contributed by atoms with Crippen molar-refractivity contribution in [1.29, 1.82) is 0 Å².